The number of nitrogens with one attached hydrogen (secondary N) is 1. The van der Waals surface area contributed by atoms with Crippen LogP contribution in [-0.2, 0) is 6.54 Å². The van der Waals surface area contributed by atoms with Crippen molar-refractivity contribution in [3.05, 3.63) is 65.1 Å². The number of nitrogens with zero attached hydrogens (tertiary/aromatic N) is 2. The van der Waals surface area contributed by atoms with Gasteiger partial charge in [0, 0.05) is 23.8 Å². The molecule has 0 aliphatic heterocycles. The molecule has 4 heteroatoms. The van der Waals surface area contributed by atoms with Crippen LogP contribution in [0.5, 0.6) is 0 Å². The third kappa shape index (κ3) is 2.58. The van der Waals surface area contributed by atoms with E-state index in [9.17, 15) is 0 Å². The Labute approximate surface area is 122 Å². The van der Waals surface area contributed by atoms with Crippen LogP contribution >= 0.6 is 11.6 Å². The van der Waals surface area contributed by atoms with Gasteiger partial charge in [0.15, 0.2) is 5.15 Å². The quantitative estimate of drug-likeness (QED) is 0.732. The Balaban J connectivity index is 1.93. The number of halogens is 1. The number of rotatable bonds is 3. The van der Waals surface area contributed by atoms with Crippen molar-refractivity contribution >= 4 is 28.2 Å². The minimum absolute atomic E-state index is 0.489. The molecule has 0 amide bonds. The Kier molecular flexibility index (Phi) is 3.52. The Hall–Kier alpha value is -2.13. The van der Waals surface area contributed by atoms with Crippen molar-refractivity contribution in [3.63, 3.8) is 0 Å². The second-order valence-corrected chi connectivity index (χ2v) is 4.99. The molecule has 0 spiro atoms. The molecule has 3 aromatic rings. The number of hydrogen-bond acceptors (Lipinski definition) is 3. The van der Waals surface area contributed by atoms with Gasteiger partial charge in [0.2, 0.25) is 0 Å². The topological polar surface area (TPSA) is 37.8 Å². The van der Waals surface area contributed by atoms with Crippen molar-refractivity contribution in [3.8, 4) is 0 Å². The smallest absolute Gasteiger partial charge is 0.152 e. The summed E-state index contributed by atoms with van der Waals surface area (Å²) in [6.45, 7) is 2.70. The van der Waals surface area contributed by atoms with Gasteiger partial charge in [-0.15, -0.1) is 0 Å². The molecule has 3 rings (SSSR count). The van der Waals surface area contributed by atoms with Crippen molar-refractivity contribution < 1.29 is 0 Å². The molecule has 0 atom stereocenters. The molecular formula is C16H14ClN3. The molecular weight excluding hydrogens is 270 g/mol. The zero-order chi connectivity index (χ0) is 13.9. The molecule has 0 aliphatic rings. The maximum absolute atomic E-state index is 6.05. The van der Waals surface area contributed by atoms with Crippen LogP contribution < -0.4 is 5.32 Å². The lowest BCUT2D eigenvalue weighted by Gasteiger charge is -2.11. The maximum Gasteiger partial charge on any atom is 0.152 e. The average molecular weight is 284 g/mol. The van der Waals surface area contributed by atoms with Crippen LogP contribution in [-0.4, -0.2) is 9.97 Å². The molecule has 2 heterocycles. The first-order chi connectivity index (χ1) is 9.74. The Morgan fingerprint density at radius 3 is 2.85 bits per heavy atom. The first kappa shape index (κ1) is 12.9. The number of para-hydroxylation sites is 1. The summed E-state index contributed by atoms with van der Waals surface area (Å²) in [5.41, 5.74) is 4.07. The van der Waals surface area contributed by atoms with Crippen LogP contribution in [0.4, 0.5) is 5.69 Å². The predicted molar refractivity (Wildman–Crippen MR) is 83.1 cm³/mol. The van der Waals surface area contributed by atoms with Crippen molar-refractivity contribution in [2.45, 2.75) is 13.5 Å². The average Bonchev–Trinajstić information content (AvgIpc) is 2.46. The van der Waals surface area contributed by atoms with Crippen LogP contribution in [0.3, 0.4) is 0 Å². The highest BCUT2D eigenvalue weighted by molar-refractivity contribution is 6.31. The molecule has 3 nitrogen and oxygen atoms in total. The Bertz CT molecular complexity index is 756. The van der Waals surface area contributed by atoms with Gasteiger partial charge >= 0.3 is 0 Å². The van der Waals surface area contributed by atoms with E-state index in [1.807, 2.05) is 37.3 Å². The standard InChI is InChI=1S/C16H14ClN3/c1-11-9-12(13-5-2-3-6-14(13)20-11)10-19-15-7-4-8-18-16(15)17/h2-9,19H,10H2,1H3. The fourth-order valence-corrected chi connectivity index (χ4v) is 2.44. The molecule has 20 heavy (non-hydrogen) atoms. The van der Waals surface area contributed by atoms with E-state index in [4.69, 9.17) is 11.6 Å². The van der Waals surface area contributed by atoms with Crippen molar-refractivity contribution in [1.82, 2.24) is 9.97 Å². The third-order valence-electron chi connectivity index (χ3n) is 3.16. The molecule has 0 unspecified atom stereocenters. The Morgan fingerprint density at radius 2 is 2.00 bits per heavy atom. The van der Waals surface area contributed by atoms with Crippen LogP contribution in [0.25, 0.3) is 10.9 Å². The molecule has 0 fully saturated rings. The summed E-state index contributed by atoms with van der Waals surface area (Å²) >= 11 is 6.05. The van der Waals surface area contributed by atoms with E-state index in [-0.39, 0.29) is 0 Å². The Morgan fingerprint density at radius 1 is 1.15 bits per heavy atom. The molecule has 0 aliphatic carbocycles. The number of aromatic nitrogens is 2. The van der Waals surface area contributed by atoms with Crippen molar-refractivity contribution in [1.29, 1.82) is 0 Å². The number of benzene rings is 1. The maximum atomic E-state index is 6.05. The monoisotopic (exact) mass is 283 g/mol. The van der Waals surface area contributed by atoms with E-state index < -0.39 is 0 Å². The largest absolute Gasteiger partial charge is 0.378 e. The number of anilines is 1. The molecule has 0 saturated carbocycles. The van der Waals surface area contributed by atoms with Crippen LogP contribution in [0.15, 0.2) is 48.7 Å². The number of aryl methyl sites for hydroxylation is 1. The molecule has 0 bridgehead atoms. The molecule has 100 valence electrons. The van der Waals surface area contributed by atoms with Gasteiger partial charge < -0.3 is 5.32 Å². The van der Waals surface area contributed by atoms with Gasteiger partial charge in [0.1, 0.15) is 0 Å². The molecule has 0 radical (unpaired) electrons. The summed E-state index contributed by atoms with van der Waals surface area (Å²) in [4.78, 5) is 8.60. The van der Waals surface area contributed by atoms with Gasteiger partial charge in [-0.3, -0.25) is 4.98 Å². The first-order valence-corrected chi connectivity index (χ1v) is 6.81. The summed E-state index contributed by atoms with van der Waals surface area (Å²) in [5.74, 6) is 0. The number of hydrogen-bond donors (Lipinski definition) is 1. The summed E-state index contributed by atoms with van der Waals surface area (Å²) in [7, 11) is 0. The van der Waals surface area contributed by atoms with Gasteiger partial charge in [-0.25, -0.2) is 4.98 Å². The number of pyridine rings is 2. The molecule has 1 aromatic carbocycles. The van der Waals surface area contributed by atoms with E-state index in [1.165, 1.54) is 5.56 Å². The van der Waals surface area contributed by atoms with Crippen LogP contribution in [0.1, 0.15) is 11.3 Å². The highest BCUT2D eigenvalue weighted by atomic mass is 35.5. The lowest BCUT2D eigenvalue weighted by atomic mass is 10.1. The highest BCUT2D eigenvalue weighted by Crippen LogP contribution is 2.22. The lowest BCUT2D eigenvalue weighted by molar-refractivity contribution is 1.12. The van der Waals surface area contributed by atoms with Gasteiger partial charge in [-0.1, -0.05) is 29.8 Å². The van der Waals surface area contributed by atoms with E-state index in [0.717, 1.165) is 22.3 Å². The summed E-state index contributed by atoms with van der Waals surface area (Å²) < 4.78 is 0. The van der Waals surface area contributed by atoms with E-state index in [1.54, 1.807) is 6.20 Å². The normalized spacial score (nSPS) is 10.7. The molecule has 1 N–H and O–H groups in total. The summed E-state index contributed by atoms with van der Waals surface area (Å²) in [5, 5.41) is 4.97. The zero-order valence-electron chi connectivity index (χ0n) is 11.1. The van der Waals surface area contributed by atoms with Crippen LogP contribution in [0.2, 0.25) is 5.15 Å². The van der Waals surface area contributed by atoms with E-state index >= 15 is 0 Å². The fourth-order valence-electron chi connectivity index (χ4n) is 2.25. The van der Waals surface area contributed by atoms with Gasteiger partial charge in [-0.05, 0) is 36.8 Å². The second-order valence-electron chi connectivity index (χ2n) is 4.64. The lowest BCUT2D eigenvalue weighted by Crippen LogP contribution is -2.02. The van der Waals surface area contributed by atoms with Crippen molar-refractivity contribution in [2.75, 3.05) is 5.32 Å². The predicted octanol–water partition coefficient (Wildman–Crippen LogP) is 4.20. The van der Waals surface area contributed by atoms with Crippen LogP contribution in [0, 0.1) is 6.92 Å². The van der Waals surface area contributed by atoms with E-state index in [2.05, 4.69) is 27.4 Å². The minimum atomic E-state index is 0.489. The van der Waals surface area contributed by atoms with Gasteiger partial charge in [-0.2, -0.15) is 0 Å². The van der Waals surface area contributed by atoms with Gasteiger partial charge in [0.25, 0.3) is 0 Å². The highest BCUT2D eigenvalue weighted by Gasteiger charge is 2.05. The third-order valence-corrected chi connectivity index (χ3v) is 3.46. The summed E-state index contributed by atoms with van der Waals surface area (Å²) in [6.07, 6.45) is 1.68. The van der Waals surface area contributed by atoms with Gasteiger partial charge in [0.05, 0.1) is 11.2 Å². The SMILES string of the molecule is Cc1cc(CNc2cccnc2Cl)c2ccccc2n1. The minimum Gasteiger partial charge on any atom is -0.378 e. The molecule has 0 saturated heterocycles. The number of fused-ring (bicyclic) bond motifs is 1. The molecule has 2 aromatic heterocycles. The fraction of sp³-hybridized carbons (Fsp3) is 0.125. The second kappa shape index (κ2) is 5.47. The first-order valence-electron chi connectivity index (χ1n) is 6.44. The van der Waals surface area contributed by atoms with Crippen molar-refractivity contribution in [2.24, 2.45) is 0 Å². The van der Waals surface area contributed by atoms with E-state index in [0.29, 0.717) is 11.7 Å². The summed E-state index contributed by atoms with van der Waals surface area (Å²) in [6, 6.07) is 14.0. The zero-order valence-corrected chi connectivity index (χ0v) is 11.9.